The van der Waals surface area contributed by atoms with Crippen LogP contribution in [0.1, 0.15) is 37.0 Å². The van der Waals surface area contributed by atoms with Crippen LogP contribution in [0.2, 0.25) is 0 Å². The van der Waals surface area contributed by atoms with Crippen LogP contribution in [0.4, 0.5) is 0 Å². The second kappa shape index (κ2) is 5.74. The summed E-state index contributed by atoms with van der Waals surface area (Å²) in [4.78, 5) is 11.8. The molecule has 0 spiro atoms. The van der Waals surface area contributed by atoms with Gasteiger partial charge in [-0.1, -0.05) is 0 Å². The third-order valence-electron chi connectivity index (χ3n) is 3.50. The molecule has 2 N–H and O–H groups in total. The van der Waals surface area contributed by atoms with Gasteiger partial charge >= 0.3 is 5.97 Å². The Balaban J connectivity index is 2.25. The molecule has 0 aromatic carbocycles. The summed E-state index contributed by atoms with van der Waals surface area (Å²) in [5.41, 5.74) is -0.960. The summed E-state index contributed by atoms with van der Waals surface area (Å²) >= 11 is 0. The van der Waals surface area contributed by atoms with Gasteiger partial charge in [0.15, 0.2) is 5.03 Å². The molecule has 2 heterocycles. The van der Waals surface area contributed by atoms with E-state index in [1.54, 1.807) is 13.8 Å². The topological polar surface area (TPSA) is 113 Å². The van der Waals surface area contributed by atoms with Gasteiger partial charge in [-0.15, -0.1) is 0 Å². The predicted octanol–water partition coefficient (Wildman–Crippen LogP) is 0.122. The second-order valence-corrected chi connectivity index (χ2v) is 7.11. The Bertz CT molecular complexity index is 613. The lowest BCUT2D eigenvalue weighted by molar-refractivity contribution is 0.0125. The van der Waals surface area contributed by atoms with Gasteiger partial charge in [0.2, 0.25) is 0 Å². The molecule has 9 heteroatoms. The highest BCUT2D eigenvalue weighted by Crippen LogP contribution is 2.26. The fourth-order valence-corrected chi connectivity index (χ4v) is 3.67. The van der Waals surface area contributed by atoms with Crippen LogP contribution < -0.4 is 0 Å². The average molecular weight is 317 g/mol. The van der Waals surface area contributed by atoms with Crippen molar-refractivity contribution in [2.45, 2.75) is 37.3 Å². The number of rotatable bonds is 4. The molecule has 0 saturated carbocycles. The molecule has 0 bridgehead atoms. The fourth-order valence-electron chi connectivity index (χ4n) is 2.16. The summed E-state index contributed by atoms with van der Waals surface area (Å²) in [5.74, 6) is -0.728. The van der Waals surface area contributed by atoms with Gasteiger partial charge in [-0.2, -0.15) is 9.40 Å². The lowest BCUT2D eigenvalue weighted by Crippen LogP contribution is -2.45. The molecule has 0 unspecified atom stereocenters. The summed E-state index contributed by atoms with van der Waals surface area (Å²) in [6.07, 6.45) is 1.83. The van der Waals surface area contributed by atoms with E-state index < -0.39 is 21.6 Å². The zero-order valence-electron chi connectivity index (χ0n) is 12.0. The molecule has 8 nitrogen and oxygen atoms in total. The van der Waals surface area contributed by atoms with Gasteiger partial charge in [-0.05, 0) is 26.7 Å². The predicted molar refractivity (Wildman–Crippen MR) is 73.2 cm³/mol. The number of nitrogens with zero attached hydrogens (tertiary/aromatic N) is 2. The van der Waals surface area contributed by atoms with Crippen LogP contribution in [0.15, 0.2) is 11.2 Å². The van der Waals surface area contributed by atoms with E-state index in [4.69, 9.17) is 4.74 Å². The SMILES string of the molecule is CCOC(=O)c1cn[nH]c1S(=O)(=O)N1CCC(C)(O)CC1. The monoisotopic (exact) mass is 317 g/mol. The molecule has 1 aliphatic rings. The standard InChI is InChI=1S/C12H19N3O5S/c1-3-20-11(16)9-8-13-14-10(9)21(18,19)15-6-4-12(2,17)5-7-15/h8,17H,3-7H2,1-2H3,(H,13,14). The van der Waals surface area contributed by atoms with Crippen molar-refractivity contribution < 1.29 is 23.1 Å². The number of esters is 1. The highest BCUT2D eigenvalue weighted by Gasteiger charge is 2.37. The third kappa shape index (κ3) is 3.25. The fraction of sp³-hybridized carbons (Fsp3) is 0.667. The van der Waals surface area contributed by atoms with Crippen molar-refractivity contribution in [2.24, 2.45) is 0 Å². The van der Waals surface area contributed by atoms with Crippen molar-refractivity contribution in [3.8, 4) is 0 Å². The van der Waals surface area contributed by atoms with E-state index in [2.05, 4.69) is 10.2 Å². The van der Waals surface area contributed by atoms with E-state index in [1.165, 1.54) is 4.31 Å². The van der Waals surface area contributed by atoms with Gasteiger partial charge in [0.25, 0.3) is 10.0 Å². The number of carbonyl (C=O) groups is 1. The summed E-state index contributed by atoms with van der Waals surface area (Å²) < 4.78 is 31.2. The number of aromatic amines is 1. The molecule has 0 radical (unpaired) electrons. The minimum Gasteiger partial charge on any atom is -0.462 e. The lowest BCUT2D eigenvalue weighted by Gasteiger charge is -2.34. The van der Waals surface area contributed by atoms with Crippen LogP contribution in [0.25, 0.3) is 0 Å². The van der Waals surface area contributed by atoms with Crippen molar-refractivity contribution in [2.75, 3.05) is 19.7 Å². The third-order valence-corrected chi connectivity index (χ3v) is 5.37. The minimum absolute atomic E-state index is 0.103. The Morgan fingerprint density at radius 3 is 2.71 bits per heavy atom. The summed E-state index contributed by atoms with van der Waals surface area (Å²) in [5, 5.41) is 15.6. The van der Waals surface area contributed by atoms with Crippen molar-refractivity contribution in [3.05, 3.63) is 11.8 Å². The Morgan fingerprint density at radius 1 is 1.52 bits per heavy atom. The van der Waals surface area contributed by atoms with Gasteiger partial charge in [0, 0.05) is 13.1 Å². The maximum Gasteiger partial charge on any atom is 0.342 e. The summed E-state index contributed by atoms with van der Waals surface area (Å²) in [6.45, 7) is 3.85. The molecule has 0 amide bonds. The molecule has 1 aromatic rings. The maximum absolute atomic E-state index is 12.6. The van der Waals surface area contributed by atoms with Gasteiger partial charge in [0.05, 0.1) is 18.4 Å². The number of ether oxygens (including phenoxy) is 1. The number of carbonyl (C=O) groups excluding carboxylic acids is 1. The highest BCUT2D eigenvalue weighted by molar-refractivity contribution is 7.89. The van der Waals surface area contributed by atoms with Gasteiger partial charge in [0.1, 0.15) is 5.56 Å². The first-order chi connectivity index (χ1) is 9.78. The van der Waals surface area contributed by atoms with E-state index in [-0.39, 0.29) is 30.3 Å². The van der Waals surface area contributed by atoms with E-state index in [9.17, 15) is 18.3 Å². The number of nitrogens with one attached hydrogen (secondary N) is 1. The molecule has 1 fully saturated rings. The zero-order valence-corrected chi connectivity index (χ0v) is 12.8. The van der Waals surface area contributed by atoms with Crippen LogP contribution >= 0.6 is 0 Å². The maximum atomic E-state index is 12.6. The number of aliphatic hydroxyl groups is 1. The van der Waals surface area contributed by atoms with Crippen molar-refractivity contribution in [3.63, 3.8) is 0 Å². The molecule has 0 atom stereocenters. The zero-order chi connectivity index (χ0) is 15.7. The first-order valence-electron chi connectivity index (χ1n) is 6.71. The molecule has 21 heavy (non-hydrogen) atoms. The summed E-state index contributed by atoms with van der Waals surface area (Å²) in [7, 11) is -3.86. The second-order valence-electron chi connectivity index (χ2n) is 5.23. The normalized spacial score (nSPS) is 19.4. The van der Waals surface area contributed by atoms with E-state index in [0.29, 0.717) is 12.8 Å². The molecular formula is C12H19N3O5S. The highest BCUT2D eigenvalue weighted by atomic mass is 32.2. The molecule has 1 saturated heterocycles. The number of piperidine rings is 1. The number of aromatic nitrogens is 2. The Hall–Kier alpha value is -1.45. The quantitative estimate of drug-likeness (QED) is 0.763. The Labute approximate surface area is 123 Å². The summed E-state index contributed by atoms with van der Waals surface area (Å²) in [6, 6.07) is 0. The van der Waals surface area contributed by atoms with Crippen LogP contribution in [0.3, 0.4) is 0 Å². The van der Waals surface area contributed by atoms with E-state index in [0.717, 1.165) is 6.20 Å². The van der Waals surface area contributed by atoms with Crippen LogP contribution in [-0.4, -0.2) is 59.3 Å². The smallest absolute Gasteiger partial charge is 0.342 e. The molecule has 1 aliphatic heterocycles. The van der Waals surface area contributed by atoms with Crippen molar-refractivity contribution >= 4 is 16.0 Å². The number of hydrogen-bond acceptors (Lipinski definition) is 6. The van der Waals surface area contributed by atoms with Gasteiger partial charge in [-0.3, -0.25) is 5.10 Å². The van der Waals surface area contributed by atoms with Crippen molar-refractivity contribution in [1.29, 1.82) is 0 Å². The van der Waals surface area contributed by atoms with Crippen LogP contribution in [0.5, 0.6) is 0 Å². The van der Waals surface area contributed by atoms with Crippen LogP contribution in [-0.2, 0) is 14.8 Å². The molecule has 1 aromatic heterocycles. The minimum atomic E-state index is -3.86. The molecular weight excluding hydrogens is 298 g/mol. The first-order valence-corrected chi connectivity index (χ1v) is 8.15. The lowest BCUT2D eigenvalue weighted by atomic mass is 9.95. The number of sulfonamides is 1. The Morgan fingerprint density at radius 2 is 2.14 bits per heavy atom. The van der Waals surface area contributed by atoms with Crippen molar-refractivity contribution in [1.82, 2.24) is 14.5 Å². The Kier molecular flexibility index (Phi) is 4.35. The van der Waals surface area contributed by atoms with Crippen LogP contribution in [0, 0.1) is 0 Å². The average Bonchev–Trinajstić information content (AvgIpc) is 2.88. The van der Waals surface area contributed by atoms with E-state index >= 15 is 0 Å². The number of hydrogen-bond donors (Lipinski definition) is 2. The van der Waals surface area contributed by atoms with Gasteiger partial charge < -0.3 is 9.84 Å². The molecule has 2 rings (SSSR count). The molecule has 0 aliphatic carbocycles. The van der Waals surface area contributed by atoms with Gasteiger partial charge in [-0.25, -0.2) is 13.2 Å². The molecule has 118 valence electrons. The van der Waals surface area contributed by atoms with E-state index in [1.807, 2.05) is 0 Å². The number of H-pyrrole nitrogens is 1. The largest absolute Gasteiger partial charge is 0.462 e. The first kappa shape index (κ1) is 15.9.